The molecule has 0 spiro atoms. The predicted molar refractivity (Wildman–Crippen MR) is 158 cm³/mol. The zero-order valence-electron chi connectivity index (χ0n) is 23.7. The van der Waals surface area contributed by atoms with Crippen LogP contribution in [0.25, 0.3) is 0 Å². The summed E-state index contributed by atoms with van der Waals surface area (Å²) in [6.45, 7) is 8.11. The van der Waals surface area contributed by atoms with Crippen molar-refractivity contribution in [2.75, 3.05) is 26.7 Å². The molecule has 1 amide bonds. The Bertz CT molecular complexity index is 1200. The van der Waals surface area contributed by atoms with Crippen molar-refractivity contribution in [2.24, 2.45) is 0 Å². The number of rotatable bonds is 8. The molecule has 39 heavy (non-hydrogen) atoms. The number of nitrogens with zero attached hydrogens (tertiary/aromatic N) is 2. The second-order valence-corrected chi connectivity index (χ2v) is 11.4. The molecule has 3 aromatic rings. The van der Waals surface area contributed by atoms with Gasteiger partial charge in [-0.05, 0) is 94.4 Å². The molecule has 0 aromatic heterocycles. The van der Waals surface area contributed by atoms with Gasteiger partial charge in [0, 0.05) is 36.8 Å². The molecule has 0 aliphatic carbocycles. The molecule has 3 aromatic carbocycles. The van der Waals surface area contributed by atoms with Gasteiger partial charge in [0.2, 0.25) is 0 Å². The van der Waals surface area contributed by atoms with Crippen molar-refractivity contribution in [2.45, 2.75) is 70.6 Å². The van der Waals surface area contributed by atoms with Crippen molar-refractivity contribution in [1.82, 2.24) is 15.1 Å². The standard InChI is InChI=1S/C34H43N3O2/c1-25-19-26(2)21-29(20-25)34(38)37-18-15-31(23-32(37)22-27-7-5-4-6-8-27)36-16-13-30(14-17-36)35-24-28-9-11-33(39-3)12-10-28/h4-12,19-21,30-32,35H,13-18,22-24H2,1-3H3. The molecule has 5 nitrogen and oxygen atoms in total. The van der Waals surface area contributed by atoms with Crippen LogP contribution in [-0.2, 0) is 13.0 Å². The van der Waals surface area contributed by atoms with E-state index in [9.17, 15) is 4.79 Å². The molecule has 0 saturated carbocycles. The van der Waals surface area contributed by atoms with E-state index in [4.69, 9.17) is 4.74 Å². The Morgan fingerprint density at radius 1 is 0.872 bits per heavy atom. The molecule has 2 aliphatic heterocycles. The first-order chi connectivity index (χ1) is 19.0. The van der Waals surface area contributed by atoms with Gasteiger partial charge in [-0.2, -0.15) is 0 Å². The number of piperidine rings is 2. The van der Waals surface area contributed by atoms with Crippen LogP contribution >= 0.6 is 0 Å². The summed E-state index contributed by atoms with van der Waals surface area (Å²) in [7, 11) is 1.71. The number of aryl methyl sites for hydroxylation is 2. The molecule has 2 fully saturated rings. The van der Waals surface area contributed by atoms with Gasteiger partial charge in [0.15, 0.2) is 0 Å². The van der Waals surface area contributed by atoms with Crippen LogP contribution in [0.4, 0.5) is 0 Å². The third-order valence-corrected chi connectivity index (χ3v) is 8.53. The summed E-state index contributed by atoms with van der Waals surface area (Å²) in [5, 5.41) is 3.77. The Labute approximate surface area is 234 Å². The minimum absolute atomic E-state index is 0.183. The van der Waals surface area contributed by atoms with Crippen LogP contribution in [0.15, 0.2) is 72.8 Å². The molecule has 5 rings (SSSR count). The summed E-state index contributed by atoms with van der Waals surface area (Å²) in [5.74, 6) is 1.09. The molecule has 5 heteroatoms. The average molecular weight is 526 g/mol. The second-order valence-electron chi connectivity index (χ2n) is 11.4. The van der Waals surface area contributed by atoms with Crippen molar-refractivity contribution in [3.05, 3.63) is 101 Å². The van der Waals surface area contributed by atoms with Crippen molar-refractivity contribution in [3.8, 4) is 5.75 Å². The molecule has 0 bridgehead atoms. The SMILES string of the molecule is COc1ccc(CNC2CCN(C3CCN(C(=O)c4cc(C)cc(C)c4)C(Cc4ccccc4)C3)CC2)cc1. The summed E-state index contributed by atoms with van der Waals surface area (Å²) in [6.07, 6.45) is 5.33. The molecular formula is C34H43N3O2. The Morgan fingerprint density at radius 2 is 1.56 bits per heavy atom. The lowest BCUT2D eigenvalue weighted by Crippen LogP contribution is -2.55. The molecule has 2 unspecified atom stereocenters. The molecule has 2 atom stereocenters. The average Bonchev–Trinajstić information content (AvgIpc) is 2.96. The van der Waals surface area contributed by atoms with Gasteiger partial charge in [-0.3, -0.25) is 4.79 Å². The van der Waals surface area contributed by atoms with Crippen LogP contribution in [-0.4, -0.2) is 60.6 Å². The first kappa shape index (κ1) is 27.4. The summed E-state index contributed by atoms with van der Waals surface area (Å²) in [6, 6.07) is 26.5. The van der Waals surface area contributed by atoms with Crippen LogP contribution in [0, 0.1) is 13.8 Å². The van der Waals surface area contributed by atoms with E-state index in [1.54, 1.807) is 7.11 Å². The van der Waals surface area contributed by atoms with E-state index in [1.165, 1.54) is 24.0 Å². The summed E-state index contributed by atoms with van der Waals surface area (Å²) >= 11 is 0. The van der Waals surface area contributed by atoms with E-state index < -0.39 is 0 Å². The molecular weight excluding hydrogens is 482 g/mol. The number of amides is 1. The highest BCUT2D eigenvalue weighted by Gasteiger charge is 2.36. The summed E-state index contributed by atoms with van der Waals surface area (Å²) in [4.78, 5) is 18.6. The van der Waals surface area contributed by atoms with E-state index in [2.05, 4.69) is 77.5 Å². The predicted octanol–water partition coefficient (Wildman–Crippen LogP) is 5.78. The first-order valence-corrected chi connectivity index (χ1v) is 14.5. The maximum atomic E-state index is 13.8. The zero-order valence-corrected chi connectivity index (χ0v) is 23.7. The molecule has 2 saturated heterocycles. The lowest BCUT2D eigenvalue weighted by atomic mass is 9.89. The van der Waals surface area contributed by atoms with Gasteiger partial charge >= 0.3 is 0 Å². The molecule has 2 aliphatic rings. The van der Waals surface area contributed by atoms with E-state index in [0.29, 0.717) is 12.1 Å². The lowest BCUT2D eigenvalue weighted by molar-refractivity contribution is 0.0372. The van der Waals surface area contributed by atoms with Gasteiger partial charge in [-0.15, -0.1) is 0 Å². The highest BCUT2D eigenvalue weighted by atomic mass is 16.5. The van der Waals surface area contributed by atoms with Gasteiger partial charge in [0.1, 0.15) is 5.75 Å². The number of benzene rings is 3. The summed E-state index contributed by atoms with van der Waals surface area (Å²) < 4.78 is 5.28. The number of ether oxygens (including phenoxy) is 1. The highest BCUT2D eigenvalue weighted by molar-refractivity contribution is 5.95. The summed E-state index contributed by atoms with van der Waals surface area (Å²) in [5.41, 5.74) is 5.73. The Morgan fingerprint density at radius 3 is 2.23 bits per heavy atom. The number of hydrogen-bond donors (Lipinski definition) is 1. The minimum atomic E-state index is 0.183. The van der Waals surface area contributed by atoms with Gasteiger partial charge in [-0.25, -0.2) is 0 Å². The van der Waals surface area contributed by atoms with Crippen LogP contribution in [0.5, 0.6) is 5.75 Å². The van der Waals surface area contributed by atoms with E-state index in [1.807, 2.05) is 24.3 Å². The fraction of sp³-hybridized carbons (Fsp3) is 0.441. The Kier molecular flexibility index (Phi) is 9.00. The van der Waals surface area contributed by atoms with Crippen molar-refractivity contribution in [3.63, 3.8) is 0 Å². The molecule has 206 valence electrons. The first-order valence-electron chi connectivity index (χ1n) is 14.5. The molecule has 2 heterocycles. The number of methoxy groups -OCH3 is 1. The maximum Gasteiger partial charge on any atom is 0.254 e. The van der Waals surface area contributed by atoms with Crippen LogP contribution in [0.1, 0.15) is 58.3 Å². The van der Waals surface area contributed by atoms with Crippen LogP contribution in [0.3, 0.4) is 0 Å². The number of carbonyl (C=O) groups is 1. The normalized spacial score (nSPS) is 20.6. The largest absolute Gasteiger partial charge is 0.497 e. The van der Waals surface area contributed by atoms with Crippen LogP contribution in [0.2, 0.25) is 0 Å². The quantitative estimate of drug-likeness (QED) is 0.405. The third kappa shape index (κ3) is 7.09. The molecule has 0 radical (unpaired) electrons. The van der Waals surface area contributed by atoms with Crippen molar-refractivity contribution < 1.29 is 9.53 Å². The monoisotopic (exact) mass is 525 g/mol. The van der Waals surface area contributed by atoms with Crippen LogP contribution < -0.4 is 10.1 Å². The van der Waals surface area contributed by atoms with Gasteiger partial charge < -0.3 is 19.9 Å². The fourth-order valence-electron chi connectivity index (χ4n) is 6.45. The van der Waals surface area contributed by atoms with E-state index in [0.717, 1.165) is 67.9 Å². The Balaban J connectivity index is 1.20. The second kappa shape index (κ2) is 12.8. The van der Waals surface area contributed by atoms with E-state index >= 15 is 0 Å². The van der Waals surface area contributed by atoms with Gasteiger partial charge in [0.05, 0.1) is 7.11 Å². The zero-order chi connectivity index (χ0) is 27.2. The molecule has 1 N–H and O–H groups in total. The maximum absolute atomic E-state index is 13.8. The topological polar surface area (TPSA) is 44.8 Å². The van der Waals surface area contributed by atoms with Gasteiger partial charge in [-0.1, -0.05) is 59.7 Å². The van der Waals surface area contributed by atoms with Crippen molar-refractivity contribution >= 4 is 5.91 Å². The van der Waals surface area contributed by atoms with Crippen molar-refractivity contribution in [1.29, 1.82) is 0 Å². The number of hydrogen-bond acceptors (Lipinski definition) is 4. The lowest BCUT2D eigenvalue weighted by Gasteiger charge is -2.45. The minimum Gasteiger partial charge on any atom is -0.497 e. The number of carbonyl (C=O) groups excluding carboxylic acids is 1. The van der Waals surface area contributed by atoms with Gasteiger partial charge in [0.25, 0.3) is 5.91 Å². The number of likely N-dealkylation sites (tertiary alicyclic amines) is 2. The fourth-order valence-corrected chi connectivity index (χ4v) is 6.45. The Hall–Kier alpha value is -3.15. The van der Waals surface area contributed by atoms with E-state index in [-0.39, 0.29) is 11.9 Å². The highest BCUT2D eigenvalue weighted by Crippen LogP contribution is 2.29. The smallest absolute Gasteiger partial charge is 0.254 e. The third-order valence-electron chi connectivity index (χ3n) is 8.53. The number of nitrogens with one attached hydrogen (secondary N) is 1.